The standard InChI is InChI=1S/C14H14O2S.C7H7Br.C6H7NO2S.2CO2/c1-12-7-9-13(10-8-12)11-17(15,16)14-5-3-2-4-6-14;1-6-2-4-7(8)5-3-6;7-10(8,9)6-4-2-1-3-5-6;2*2-1-3/h2-10H,11H2,1H3;2-5H,1H3;1-5H,(H2,7,8,9);;. The molecule has 0 unspecified atom stereocenters. The average Bonchev–Trinajstić information content (AvgIpc) is 2.94. The first-order chi connectivity index (χ1) is 19.3. The van der Waals surface area contributed by atoms with E-state index in [4.69, 9.17) is 24.3 Å². The molecule has 0 aromatic heterocycles. The predicted octanol–water partition coefficient (Wildman–Crippen LogP) is 4.89. The number of rotatable bonds is 4. The van der Waals surface area contributed by atoms with E-state index >= 15 is 0 Å². The lowest BCUT2D eigenvalue weighted by molar-refractivity contribution is -0.193. The topological polar surface area (TPSA) is 163 Å². The number of benzene rings is 4. The van der Waals surface area contributed by atoms with Crippen molar-refractivity contribution in [3.8, 4) is 0 Å². The Morgan fingerprint density at radius 1 is 0.585 bits per heavy atom. The molecule has 41 heavy (non-hydrogen) atoms. The Balaban J connectivity index is 0.000000568. The van der Waals surface area contributed by atoms with Gasteiger partial charge in [-0.2, -0.15) is 19.2 Å². The summed E-state index contributed by atoms with van der Waals surface area (Å²) < 4.78 is 46.5. The molecule has 4 rings (SSSR count). The number of aryl methyl sites for hydroxylation is 2. The minimum Gasteiger partial charge on any atom is -0.225 e. The monoisotopic (exact) mass is 661 g/mol. The molecule has 0 bridgehead atoms. The van der Waals surface area contributed by atoms with Gasteiger partial charge in [0.15, 0.2) is 9.84 Å². The largest absolute Gasteiger partial charge is 0.373 e. The highest BCUT2D eigenvalue weighted by molar-refractivity contribution is 9.10. The highest BCUT2D eigenvalue weighted by atomic mass is 79.9. The molecule has 0 aliphatic heterocycles. The van der Waals surface area contributed by atoms with Crippen LogP contribution < -0.4 is 5.14 Å². The maximum atomic E-state index is 12.1. The van der Waals surface area contributed by atoms with Crippen molar-refractivity contribution in [1.82, 2.24) is 0 Å². The van der Waals surface area contributed by atoms with Crippen LogP contribution in [0.1, 0.15) is 16.7 Å². The van der Waals surface area contributed by atoms with Gasteiger partial charge < -0.3 is 0 Å². The van der Waals surface area contributed by atoms with Crippen LogP contribution in [-0.2, 0) is 44.8 Å². The zero-order valence-electron chi connectivity index (χ0n) is 22.1. The number of primary sulfonamides is 1. The molecule has 0 aliphatic carbocycles. The van der Waals surface area contributed by atoms with Crippen LogP contribution in [0, 0.1) is 13.8 Å². The zero-order chi connectivity index (χ0) is 31.3. The van der Waals surface area contributed by atoms with E-state index in [2.05, 4.69) is 35.0 Å². The molecule has 12 heteroatoms. The summed E-state index contributed by atoms with van der Waals surface area (Å²) in [6.07, 6.45) is 0.500. The van der Waals surface area contributed by atoms with Crippen molar-refractivity contribution >= 4 is 48.1 Å². The van der Waals surface area contributed by atoms with Crippen LogP contribution in [-0.4, -0.2) is 29.1 Å². The van der Waals surface area contributed by atoms with Crippen molar-refractivity contribution in [1.29, 1.82) is 0 Å². The van der Waals surface area contributed by atoms with Gasteiger partial charge in [-0.1, -0.05) is 99.9 Å². The normalized spacial score (nSPS) is 9.66. The lowest BCUT2D eigenvalue weighted by Gasteiger charge is -2.04. The summed E-state index contributed by atoms with van der Waals surface area (Å²) in [5.41, 5.74) is 3.25. The van der Waals surface area contributed by atoms with Crippen LogP contribution in [0.3, 0.4) is 0 Å². The van der Waals surface area contributed by atoms with E-state index < -0.39 is 19.9 Å². The second-order valence-electron chi connectivity index (χ2n) is 7.88. The van der Waals surface area contributed by atoms with Crippen LogP contribution in [0.5, 0.6) is 0 Å². The number of halogens is 1. The van der Waals surface area contributed by atoms with Gasteiger partial charge in [0.05, 0.1) is 15.5 Å². The molecule has 216 valence electrons. The van der Waals surface area contributed by atoms with Crippen molar-refractivity contribution in [3.05, 3.63) is 130 Å². The average molecular weight is 663 g/mol. The summed E-state index contributed by atoms with van der Waals surface area (Å²) in [5, 5.41) is 4.83. The molecule has 0 aliphatic rings. The fourth-order valence-corrected chi connectivity index (χ4v) is 4.93. The van der Waals surface area contributed by atoms with E-state index in [0.29, 0.717) is 4.90 Å². The molecule has 0 saturated carbocycles. The molecule has 9 nitrogen and oxygen atoms in total. The fourth-order valence-electron chi connectivity index (χ4n) is 2.76. The van der Waals surface area contributed by atoms with Crippen LogP contribution in [0.15, 0.2) is 123 Å². The number of sulfone groups is 1. The van der Waals surface area contributed by atoms with Gasteiger partial charge in [-0.3, -0.25) is 0 Å². The molecular weight excluding hydrogens is 634 g/mol. The Morgan fingerprint density at radius 2 is 0.927 bits per heavy atom. The number of nitrogens with two attached hydrogens (primary N) is 1. The molecule has 0 atom stereocenters. The summed E-state index contributed by atoms with van der Waals surface area (Å²) in [5.74, 6) is 0.0529. The zero-order valence-corrected chi connectivity index (χ0v) is 25.4. The Bertz CT molecular complexity index is 1550. The minimum absolute atomic E-state index is 0.0529. The molecule has 0 radical (unpaired) electrons. The molecule has 0 heterocycles. The van der Waals surface area contributed by atoms with Gasteiger partial charge in [0.2, 0.25) is 10.0 Å². The van der Waals surface area contributed by atoms with Gasteiger partial charge in [0, 0.05) is 4.47 Å². The first kappa shape index (κ1) is 37.0. The first-order valence-corrected chi connectivity index (χ1v) is 15.4. The number of carbonyl (C=O) groups excluding carboxylic acids is 4. The quantitative estimate of drug-likeness (QED) is 0.323. The highest BCUT2D eigenvalue weighted by Crippen LogP contribution is 2.16. The number of sulfonamides is 1. The van der Waals surface area contributed by atoms with Gasteiger partial charge in [0.25, 0.3) is 0 Å². The SMILES string of the molecule is Cc1ccc(Br)cc1.Cc1ccc(CS(=O)(=O)c2ccccc2)cc1.NS(=O)(=O)c1ccccc1.O=C=O.O=C=O. The molecule has 4 aromatic carbocycles. The van der Waals surface area contributed by atoms with Crippen molar-refractivity contribution < 1.29 is 36.0 Å². The van der Waals surface area contributed by atoms with Gasteiger partial charge in [-0.15, -0.1) is 0 Å². The lowest BCUT2D eigenvalue weighted by Crippen LogP contribution is -2.11. The molecule has 4 aromatic rings. The summed E-state index contributed by atoms with van der Waals surface area (Å²) in [6.45, 7) is 4.06. The lowest BCUT2D eigenvalue weighted by atomic mass is 10.2. The third kappa shape index (κ3) is 17.3. The third-order valence-electron chi connectivity index (χ3n) is 4.66. The molecule has 0 saturated heterocycles. The highest BCUT2D eigenvalue weighted by Gasteiger charge is 2.14. The molecule has 2 N–H and O–H groups in total. The van der Waals surface area contributed by atoms with E-state index in [9.17, 15) is 16.8 Å². The Kier molecular flexibility index (Phi) is 18.0. The third-order valence-corrected chi connectivity index (χ3v) is 7.82. The maximum Gasteiger partial charge on any atom is 0.373 e. The summed E-state index contributed by atoms with van der Waals surface area (Å²) >= 11 is 3.35. The maximum absolute atomic E-state index is 12.1. The van der Waals surface area contributed by atoms with Crippen molar-refractivity contribution in [3.63, 3.8) is 0 Å². The van der Waals surface area contributed by atoms with Crippen molar-refractivity contribution in [2.75, 3.05) is 0 Å². The predicted molar refractivity (Wildman–Crippen MR) is 155 cm³/mol. The first-order valence-electron chi connectivity index (χ1n) is 11.4. The van der Waals surface area contributed by atoms with E-state index in [-0.39, 0.29) is 23.0 Å². The van der Waals surface area contributed by atoms with Crippen LogP contribution >= 0.6 is 15.9 Å². The van der Waals surface area contributed by atoms with Gasteiger partial charge >= 0.3 is 12.3 Å². The molecular formula is C29H28BrNO8S2. The summed E-state index contributed by atoms with van der Waals surface area (Å²) in [4.78, 5) is 33.0. The number of hydrogen-bond acceptors (Lipinski definition) is 8. The van der Waals surface area contributed by atoms with Crippen LogP contribution in [0.4, 0.5) is 0 Å². The second-order valence-corrected chi connectivity index (χ2v) is 12.3. The Labute approximate surface area is 248 Å². The fraction of sp³-hybridized carbons (Fsp3) is 0.103. The van der Waals surface area contributed by atoms with Gasteiger partial charge in [0.1, 0.15) is 0 Å². The van der Waals surface area contributed by atoms with Crippen molar-refractivity contribution in [2.24, 2.45) is 5.14 Å². The minimum atomic E-state index is -3.50. The van der Waals surface area contributed by atoms with Crippen molar-refractivity contribution in [2.45, 2.75) is 29.4 Å². The smallest absolute Gasteiger partial charge is 0.225 e. The van der Waals surface area contributed by atoms with E-state index in [0.717, 1.165) is 15.6 Å². The van der Waals surface area contributed by atoms with Gasteiger partial charge in [-0.25, -0.2) is 22.0 Å². The molecule has 0 amide bonds. The number of hydrogen-bond donors (Lipinski definition) is 1. The second kappa shape index (κ2) is 19.9. The summed E-state index contributed by atoms with van der Waals surface area (Å²) in [7, 11) is -6.73. The Morgan fingerprint density at radius 3 is 1.24 bits per heavy atom. The van der Waals surface area contributed by atoms with E-state index in [1.807, 2.05) is 49.4 Å². The van der Waals surface area contributed by atoms with Crippen LogP contribution in [0.2, 0.25) is 0 Å². The Hall–Kier alpha value is -4.02. The van der Waals surface area contributed by atoms with Gasteiger partial charge in [-0.05, 0) is 55.8 Å². The van der Waals surface area contributed by atoms with E-state index in [1.54, 1.807) is 42.5 Å². The van der Waals surface area contributed by atoms with Crippen LogP contribution in [0.25, 0.3) is 0 Å². The molecule has 0 fully saturated rings. The molecule has 0 spiro atoms. The summed E-state index contributed by atoms with van der Waals surface area (Å²) in [6, 6.07) is 32.2. The van der Waals surface area contributed by atoms with E-state index in [1.165, 1.54) is 17.7 Å².